The van der Waals surface area contributed by atoms with Gasteiger partial charge in [0.1, 0.15) is 11.8 Å². The molecule has 0 spiro atoms. The Morgan fingerprint density at radius 3 is 3.00 bits per heavy atom. The molecule has 0 aromatic carbocycles. The second kappa shape index (κ2) is 3.31. The van der Waals surface area contributed by atoms with Crippen molar-refractivity contribution in [3.8, 4) is 6.07 Å². The van der Waals surface area contributed by atoms with Crippen LogP contribution < -0.4 is 0 Å². The van der Waals surface area contributed by atoms with Crippen molar-refractivity contribution < 1.29 is 0 Å². The summed E-state index contributed by atoms with van der Waals surface area (Å²) in [6, 6.07) is 2.04. The molecule has 0 fully saturated rings. The number of nitriles is 1. The van der Waals surface area contributed by atoms with E-state index in [-0.39, 0.29) is 0 Å². The maximum atomic E-state index is 8.79. The van der Waals surface area contributed by atoms with Gasteiger partial charge in [0.25, 0.3) is 0 Å². The minimum atomic E-state index is 0.441. The summed E-state index contributed by atoms with van der Waals surface area (Å²) in [7, 11) is 0. The van der Waals surface area contributed by atoms with Gasteiger partial charge in [-0.05, 0) is 13.2 Å². The smallest absolute Gasteiger partial charge is 0.166 e. The topological polar surface area (TPSA) is 65.4 Å². The number of aromatic amines is 1. The van der Waals surface area contributed by atoms with Crippen LogP contribution in [0.5, 0.6) is 0 Å². The van der Waals surface area contributed by atoms with Crippen molar-refractivity contribution in [2.45, 2.75) is 12.1 Å². The monoisotopic (exact) mass is 204 g/mol. The average Bonchev–Trinajstić information content (AvgIpc) is 2.62. The van der Waals surface area contributed by atoms with Gasteiger partial charge in [0, 0.05) is 5.56 Å². The maximum Gasteiger partial charge on any atom is 0.166 e. The third-order valence-electron chi connectivity index (χ3n) is 2.04. The highest BCUT2D eigenvalue weighted by Gasteiger charge is 2.08. The molecule has 2 aromatic heterocycles. The number of aryl methyl sites for hydroxylation is 1. The van der Waals surface area contributed by atoms with Crippen molar-refractivity contribution >= 4 is 22.8 Å². The van der Waals surface area contributed by atoms with E-state index >= 15 is 0 Å². The lowest BCUT2D eigenvalue weighted by Gasteiger charge is -1.94. The molecule has 5 heteroatoms. The number of nitrogens with one attached hydrogen (secondary N) is 1. The van der Waals surface area contributed by atoms with Gasteiger partial charge in [0.05, 0.1) is 17.2 Å². The van der Waals surface area contributed by atoms with Crippen LogP contribution in [0.1, 0.15) is 11.3 Å². The second-order valence-electron chi connectivity index (χ2n) is 2.85. The normalized spacial score (nSPS) is 10.4. The number of nitrogens with zero attached hydrogens (tertiary/aromatic N) is 3. The van der Waals surface area contributed by atoms with Gasteiger partial charge in [-0.2, -0.15) is 5.26 Å². The Hall–Kier alpha value is -1.54. The van der Waals surface area contributed by atoms with Crippen LogP contribution in [0.2, 0.25) is 0 Å². The zero-order valence-corrected chi connectivity index (χ0v) is 8.64. The maximum absolute atomic E-state index is 8.79. The molecule has 0 radical (unpaired) electrons. The average molecular weight is 204 g/mol. The summed E-state index contributed by atoms with van der Waals surface area (Å²) in [5, 5.41) is 9.63. The fourth-order valence-corrected chi connectivity index (χ4v) is 1.69. The molecule has 0 saturated heterocycles. The molecule has 2 heterocycles. The van der Waals surface area contributed by atoms with Crippen LogP contribution in [0.3, 0.4) is 0 Å². The van der Waals surface area contributed by atoms with Gasteiger partial charge in [-0.1, -0.05) is 11.8 Å². The first-order chi connectivity index (χ1) is 6.76. The van der Waals surface area contributed by atoms with E-state index in [0.717, 1.165) is 21.8 Å². The Kier molecular flexibility index (Phi) is 2.14. The minimum absolute atomic E-state index is 0.441. The van der Waals surface area contributed by atoms with Gasteiger partial charge in [0.2, 0.25) is 0 Å². The molecular formula is C9H8N4S. The van der Waals surface area contributed by atoms with Crippen molar-refractivity contribution in [3.05, 3.63) is 17.5 Å². The molecule has 70 valence electrons. The van der Waals surface area contributed by atoms with Crippen LogP contribution in [0.25, 0.3) is 11.0 Å². The summed E-state index contributed by atoms with van der Waals surface area (Å²) in [6.07, 6.45) is 3.60. The predicted molar refractivity (Wildman–Crippen MR) is 55.1 cm³/mol. The molecule has 14 heavy (non-hydrogen) atoms. The zero-order chi connectivity index (χ0) is 10.1. The largest absolute Gasteiger partial charge is 0.332 e. The summed E-state index contributed by atoms with van der Waals surface area (Å²) in [6.45, 7) is 1.86. The molecule has 0 aliphatic carbocycles. The number of aromatic nitrogens is 3. The molecule has 1 N–H and O–H groups in total. The molecule has 0 unspecified atom stereocenters. The number of thioether (sulfide) groups is 1. The third kappa shape index (κ3) is 1.24. The van der Waals surface area contributed by atoms with Crippen molar-refractivity contribution in [1.29, 1.82) is 5.26 Å². The van der Waals surface area contributed by atoms with Crippen LogP contribution in [-0.2, 0) is 0 Å². The molecule has 2 aromatic rings. The molecule has 0 aliphatic heterocycles. The Morgan fingerprint density at radius 1 is 1.57 bits per heavy atom. The predicted octanol–water partition coefficient (Wildman–Crippen LogP) is 1.86. The van der Waals surface area contributed by atoms with Gasteiger partial charge >= 0.3 is 0 Å². The Bertz CT molecular complexity index is 523. The van der Waals surface area contributed by atoms with Crippen LogP contribution in [0.15, 0.2) is 11.4 Å². The highest BCUT2D eigenvalue weighted by Crippen LogP contribution is 2.20. The van der Waals surface area contributed by atoms with Gasteiger partial charge in [0.15, 0.2) is 5.16 Å². The van der Waals surface area contributed by atoms with Crippen molar-refractivity contribution in [3.63, 3.8) is 0 Å². The Balaban J connectivity index is 2.76. The number of hydrogen-bond acceptors (Lipinski definition) is 4. The quantitative estimate of drug-likeness (QED) is 0.720. The van der Waals surface area contributed by atoms with Crippen molar-refractivity contribution in [2.75, 3.05) is 6.26 Å². The van der Waals surface area contributed by atoms with E-state index in [1.807, 2.05) is 19.2 Å². The lowest BCUT2D eigenvalue weighted by molar-refractivity contribution is 1.08. The van der Waals surface area contributed by atoms with Crippen LogP contribution in [-0.4, -0.2) is 21.2 Å². The first-order valence-electron chi connectivity index (χ1n) is 4.05. The first kappa shape index (κ1) is 9.03. The molecule has 0 bridgehead atoms. The molecule has 4 nitrogen and oxygen atoms in total. The Labute approximate surface area is 85.4 Å². The summed E-state index contributed by atoms with van der Waals surface area (Å²) >= 11 is 1.54. The fourth-order valence-electron chi connectivity index (χ4n) is 1.29. The summed E-state index contributed by atoms with van der Waals surface area (Å²) in [4.78, 5) is 11.5. The molecule has 0 atom stereocenters. The van der Waals surface area contributed by atoms with Gasteiger partial charge in [-0.3, -0.25) is 0 Å². The van der Waals surface area contributed by atoms with E-state index in [1.54, 1.807) is 6.20 Å². The van der Waals surface area contributed by atoms with Crippen molar-refractivity contribution in [2.24, 2.45) is 0 Å². The summed E-state index contributed by atoms with van der Waals surface area (Å²) in [5.74, 6) is 0. The Morgan fingerprint density at radius 2 is 2.36 bits per heavy atom. The molecule has 2 rings (SSSR count). The summed E-state index contributed by atoms with van der Waals surface area (Å²) < 4.78 is 0. The van der Waals surface area contributed by atoms with E-state index in [4.69, 9.17) is 5.26 Å². The van der Waals surface area contributed by atoms with Crippen LogP contribution in [0, 0.1) is 18.3 Å². The van der Waals surface area contributed by atoms with E-state index < -0.39 is 0 Å². The molecule has 0 aliphatic rings. The fraction of sp³-hybridized carbons (Fsp3) is 0.222. The molecule has 0 amide bonds. The van der Waals surface area contributed by atoms with Crippen molar-refractivity contribution in [1.82, 2.24) is 15.0 Å². The highest BCUT2D eigenvalue weighted by molar-refractivity contribution is 7.98. The minimum Gasteiger partial charge on any atom is -0.332 e. The molecular weight excluding hydrogens is 196 g/mol. The molecule has 0 saturated carbocycles. The lowest BCUT2D eigenvalue weighted by atomic mass is 10.2. The number of pyridine rings is 1. The van der Waals surface area contributed by atoms with E-state index in [9.17, 15) is 0 Å². The van der Waals surface area contributed by atoms with E-state index in [2.05, 4.69) is 15.0 Å². The van der Waals surface area contributed by atoms with Gasteiger partial charge < -0.3 is 4.98 Å². The lowest BCUT2D eigenvalue weighted by Crippen LogP contribution is -1.88. The third-order valence-corrected chi connectivity index (χ3v) is 2.62. The van der Waals surface area contributed by atoms with E-state index in [1.165, 1.54) is 11.8 Å². The number of imidazole rings is 1. The zero-order valence-electron chi connectivity index (χ0n) is 7.83. The standard InChI is InChI=1S/C9H8N4S/c1-5-6(3-10)11-4-7-8(5)13-9(12-7)14-2/h4H,1-2H3,(H,12,13). The number of rotatable bonds is 1. The van der Waals surface area contributed by atoms with Crippen LogP contribution >= 0.6 is 11.8 Å². The highest BCUT2D eigenvalue weighted by atomic mass is 32.2. The first-order valence-corrected chi connectivity index (χ1v) is 5.28. The SMILES string of the molecule is CSc1nc2c(C)c(C#N)ncc2[nH]1. The van der Waals surface area contributed by atoms with E-state index in [0.29, 0.717) is 5.69 Å². The second-order valence-corrected chi connectivity index (χ2v) is 3.65. The number of fused-ring (bicyclic) bond motifs is 1. The van der Waals surface area contributed by atoms with Gasteiger partial charge in [-0.25, -0.2) is 9.97 Å². The van der Waals surface area contributed by atoms with Crippen LogP contribution in [0.4, 0.5) is 0 Å². The number of H-pyrrole nitrogens is 1. The number of hydrogen-bond donors (Lipinski definition) is 1. The van der Waals surface area contributed by atoms with Gasteiger partial charge in [-0.15, -0.1) is 0 Å². The summed E-state index contributed by atoms with van der Waals surface area (Å²) in [5.41, 5.74) is 2.99.